The summed E-state index contributed by atoms with van der Waals surface area (Å²) in [4.78, 5) is 26.2. The van der Waals surface area contributed by atoms with Crippen LogP contribution in [0.1, 0.15) is 0 Å². The lowest BCUT2D eigenvalue weighted by Gasteiger charge is -2.21. The molecular formula is C21H17NO5. The molecule has 3 heterocycles. The smallest absolute Gasteiger partial charge is 0.310 e. The third-order valence-electron chi connectivity index (χ3n) is 5.51. The first kappa shape index (κ1) is 16.1. The number of fused-ring (bicyclic) bond motifs is 1. The number of carboxylic acid groups (broad SMARTS) is 1. The number of anilines is 1. The van der Waals surface area contributed by atoms with Crippen molar-refractivity contribution < 1.29 is 24.2 Å². The van der Waals surface area contributed by atoms with Gasteiger partial charge >= 0.3 is 5.97 Å². The number of carboxylic acids is 1. The molecule has 2 fully saturated rings. The summed E-state index contributed by atoms with van der Waals surface area (Å²) >= 11 is 0. The third kappa shape index (κ3) is 2.37. The maximum Gasteiger partial charge on any atom is 0.310 e. The van der Waals surface area contributed by atoms with Gasteiger partial charge in [-0.25, -0.2) is 0 Å². The van der Waals surface area contributed by atoms with Crippen molar-refractivity contribution in [3.63, 3.8) is 0 Å². The number of hydrogen-bond acceptors (Lipinski definition) is 4. The second-order valence-electron chi connectivity index (χ2n) is 7.07. The normalized spacial score (nSPS) is 30.6. The van der Waals surface area contributed by atoms with E-state index in [1.54, 1.807) is 35.2 Å². The molecule has 1 spiro atoms. The van der Waals surface area contributed by atoms with Gasteiger partial charge in [-0.05, 0) is 36.4 Å². The molecule has 27 heavy (non-hydrogen) atoms. The summed E-state index contributed by atoms with van der Waals surface area (Å²) in [5.74, 6) is -1.30. The van der Waals surface area contributed by atoms with E-state index in [9.17, 15) is 14.7 Å². The molecule has 136 valence electrons. The zero-order chi connectivity index (χ0) is 18.6. The predicted molar refractivity (Wildman–Crippen MR) is 96.7 cm³/mol. The van der Waals surface area contributed by atoms with Crippen LogP contribution in [0.2, 0.25) is 0 Å². The number of carbonyl (C=O) groups is 2. The summed E-state index contributed by atoms with van der Waals surface area (Å²) in [7, 11) is 0. The molecule has 4 atom stereocenters. The highest BCUT2D eigenvalue weighted by molar-refractivity contribution is 6.02. The Morgan fingerprint density at radius 2 is 1.81 bits per heavy atom. The highest BCUT2D eigenvalue weighted by Gasteiger charge is 2.67. The number of rotatable bonds is 4. The van der Waals surface area contributed by atoms with Gasteiger partial charge in [-0.1, -0.05) is 30.4 Å². The predicted octanol–water partition coefficient (Wildman–Crippen LogP) is 2.85. The van der Waals surface area contributed by atoms with Crippen LogP contribution in [0.15, 0.2) is 66.7 Å². The quantitative estimate of drug-likeness (QED) is 0.846. The Morgan fingerprint density at radius 1 is 1.11 bits per heavy atom. The summed E-state index contributed by atoms with van der Waals surface area (Å²) in [5.41, 5.74) is -0.127. The average molecular weight is 363 g/mol. The van der Waals surface area contributed by atoms with E-state index < -0.39 is 29.5 Å². The summed E-state index contributed by atoms with van der Waals surface area (Å²) in [6, 6.07) is 16.6. The number of para-hydroxylation sites is 1. The summed E-state index contributed by atoms with van der Waals surface area (Å²) in [6.45, 7) is 0.326. The maximum absolute atomic E-state index is 13.0. The molecule has 1 amide bonds. The van der Waals surface area contributed by atoms with E-state index in [1.807, 2.05) is 36.4 Å². The van der Waals surface area contributed by atoms with Gasteiger partial charge in [-0.3, -0.25) is 9.59 Å². The molecule has 6 heteroatoms. The minimum absolute atomic E-state index is 0.203. The van der Waals surface area contributed by atoms with E-state index in [2.05, 4.69) is 0 Å². The number of amides is 1. The third-order valence-corrected chi connectivity index (χ3v) is 5.51. The van der Waals surface area contributed by atoms with Gasteiger partial charge in [-0.15, -0.1) is 0 Å². The van der Waals surface area contributed by atoms with Gasteiger partial charge in [0.05, 0.1) is 18.6 Å². The van der Waals surface area contributed by atoms with Crippen molar-refractivity contribution in [1.82, 2.24) is 0 Å². The molecule has 0 saturated carbocycles. The van der Waals surface area contributed by atoms with Gasteiger partial charge in [0.25, 0.3) is 0 Å². The molecule has 0 aromatic heterocycles. The molecular weight excluding hydrogens is 346 g/mol. The minimum Gasteiger partial charge on any atom is -0.481 e. The summed E-state index contributed by atoms with van der Waals surface area (Å²) in [6.07, 6.45) is 3.11. The van der Waals surface area contributed by atoms with E-state index in [-0.39, 0.29) is 5.91 Å². The highest BCUT2D eigenvalue weighted by Crippen LogP contribution is 2.52. The Balaban J connectivity index is 1.39. The molecule has 3 aliphatic rings. The van der Waals surface area contributed by atoms with E-state index in [4.69, 9.17) is 9.47 Å². The SMILES string of the molecule is O=C(O)[C@@H]1[C@H]2C=C[C@@]3(CN(c4ccc(Oc5ccccc5)cc4)C(=O)[C@@H]13)O2. The van der Waals surface area contributed by atoms with Crippen LogP contribution in [0.3, 0.4) is 0 Å². The second kappa shape index (κ2) is 5.69. The second-order valence-corrected chi connectivity index (χ2v) is 7.07. The van der Waals surface area contributed by atoms with Crippen molar-refractivity contribution in [3.05, 3.63) is 66.7 Å². The molecule has 2 saturated heterocycles. The van der Waals surface area contributed by atoms with E-state index >= 15 is 0 Å². The first-order valence-corrected chi connectivity index (χ1v) is 8.82. The van der Waals surface area contributed by atoms with Gasteiger partial charge in [0.2, 0.25) is 5.91 Å². The van der Waals surface area contributed by atoms with E-state index in [0.717, 1.165) is 5.75 Å². The van der Waals surface area contributed by atoms with Crippen molar-refractivity contribution in [3.8, 4) is 11.5 Å². The van der Waals surface area contributed by atoms with Crippen molar-refractivity contribution in [2.24, 2.45) is 11.8 Å². The largest absolute Gasteiger partial charge is 0.481 e. The van der Waals surface area contributed by atoms with Gasteiger partial charge < -0.3 is 19.5 Å². The number of nitrogens with zero attached hydrogens (tertiary/aromatic N) is 1. The van der Waals surface area contributed by atoms with Crippen molar-refractivity contribution in [1.29, 1.82) is 0 Å². The number of benzene rings is 2. The van der Waals surface area contributed by atoms with Gasteiger partial charge in [0.1, 0.15) is 23.0 Å². The first-order valence-electron chi connectivity index (χ1n) is 8.82. The molecule has 0 unspecified atom stereocenters. The fourth-order valence-electron chi connectivity index (χ4n) is 4.32. The molecule has 2 bridgehead atoms. The topological polar surface area (TPSA) is 76.1 Å². The molecule has 2 aromatic rings. The number of carbonyl (C=O) groups excluding carboxylic acids is 1. The number of hydrogen-bond donors (Lipinski definition) is 1. The van der Waals surface area contributed by atoms with Crippen LogP contribution in [0, 0.1) is 11.8 Å². The lowest BCUT2D eigenvalue weighted by Crippen LogP contribution is -2.39. The molecule has 0 aliphatic carbocycles. The fraction of sp³-hybridized carbons (Fsp3) is 0.238. The molecule has 6 nitrogen and oxygen atoms in total. The zero-order valence-corrected chi connectivity index (χ0v) is 14.3. The Kier molecular flexibility index (Phi) is 3.39. The van der Waals surface area contributed by atoms with Crippen molar-refractivity contribution in [2.75, 3.05) is 11.4 Å². The van der Waals surface area contributed by atoms with Crippen LogP contribution < -0.4 is 9.64 Å². The highest BCUT2D eigenvalue weighted by atomic mass is 16.5. The van der Waals surface area contributed by atoms with Crippen LogP contribution in [0.4, 0.5) is 5.69 Å². The molecule has 5 rings (SSSR count). The first-order chi connectivity index (χ1) is 13.1. The molecule has 3 aliphatic heterocycles. The van der Waals surface area contributed by atoms with Crippen LogP contribution in [0.25, 0.3) is 0 Å². The fourth-order valence-corrected chi connectivity index (χ4v) is 4.32. The summed E-state index contributed by atoms with van der Waals surface area (Å²) < 4.78 is 11.7. The monoisotopic (exact) mass is 363 g/mol. The Hall–Kier alpha value is -3.12. The van der Waals surface area contributed by atoms with Crippen LogP contribution in [-0.4, -0.2) is 35.2 Å². The molecule has 0 radical (unpaired) electrons. The van der Waals surface area contributed by atoms with Gasteiger partial charge in [-0.2, -0.15) is 0 Å². The van der Waals surface area contributed by atoms with Crippen molar-refractivity contribution >= 4 is 17.6 Å². The van der Waals surface area contributed by atoms with Gasteiger partial charge in [0.15, 0.2) is 0 Å². The Bertz CT molecular complexity index is 939. The number of aliphatic carboxylic acids is 1. The summed E-state index contributed by atoms with van der Waals surface area (Å²) in [5, 5.41) is 9.53. The lowest BCUT2D eigenvalue weighted by molar-refractivity contribution is -0.146. The average Bonchev–Trinajstić information content (AvgIpc) is 3.31. The molecule has 1 N–H and O–H groups in total. The zero-order valence-electron chi connectivity index (χ0n) is 14.3. The standard InChI is InChI=1S/C21H17NO5/c23-19-18-17(20(24)25)16-10-11-21(18,27-16)12-22(19)13-6-8-15(9-7-13)26-14-4-2-1-3-5-14/h1-11,16-18H,12H2,(H,24,25)/t16-,17-,18-,21+/m1/s1. The van der Waals surface area contributed by atoms with Crippen molar-refractivity contribution in [2.45, 2.75) is 11.7 Å². The van der Waals surface area contributed by atoms with Gasteiger partial charge in [0, 0.05) is 5.69 Å². The lowest BCUT2D eigenvalue weighted by atomic mass is 9.77. The van der Waals surface area contributed by atoms with Crippen LogP contribution in [0.5, 0.6) is 11.5 Å². The number of ether oxygens (including phenoxy) is 2. The minimum atomic E-state index is -0.988. The Labute approximate surface area is 155 Å². The van der Waals surface area contributed by atoms with Crippen LogP contribution >= 0.6 is 0 Å². The van der Waals surface area contributed by atoms with Crippen LogP contribution in [-0.2, 0) is 14.3 Å². The Morgan fingerprint density at radius 3 is 2.52 bits per heavy atom. The maximum atomic E-state index is 13.0. The van der Waals surface area contributed by atoms with E-state index in [1.165, 1.54) is 0 Å². The van der Waals surface area contributed by atoms with E-state index in [0.29, 0.717) is 18.0 Å². The molecule has 2 aromatic carbocycles.